The maximum absolute atomic E-state index is 9.49. The highest BCUT2D eigenvalue weighted by molar-refractivity contribution is 5.86. The third-order valence-electron chi connectivity index (χ3n) is 2.33. The predicted molar refractivity (Wildman–Crippen MR) is 62.4 cm³/mol. The molecule has 0 spiro atoms. The Hall–Kier alpha value is -2.16. The van der Waals surface area contributed by atoms with Gasteiger partial charge in [0.2, 0.25) is 0 Å². The van der Waals surface area contributed by atoms with E-state index in [1.54, 1.807) is 18.2 Å². The van der Waals surface area contributed by atoms with Gasteiger partial charge in [0.25, 0.3) is 0 Å². The number of aromatic hydroxyl groups is 1. The van der Waals surface area contributed by atoms with Gasteiger partial charge in [0.1, 0.15) is 5.75 Å². The van der Waals surface area contributed by atoms with Crippen molar-refractivity contribution < 1.29 is 5.11 Å². The Kier molecular flexibility index (Phi) is 2.21. The van der Waals surface area contributed by atoms with Crippen LogP contribution in [0.1, 0.15) is 0 Å². The van der Waals surface area contributed by atoms with E-state index in [1.807, 2.05) is 24.3 Å². The highest BCUT2D eigenvalue weighted by Crippen LogP contribution is 2.34. The van der Waals surface area contributed by atoms with Crippen molar-refractivity contribution >= 4 is 11.4 Å². The molecule has 0 radical (unpaired) electrons. The highest BCUT2D eigenvalue weighted by Gasteiger charge is 2.07. The van der Waals surface area contributed by atoms with Crippen LogP contribution >= 0.6 is 0 Å². The predicted octanol–water partition coefficient (Wildman–Crippen LogP) is 2.22. The number of phenols is 1. The zero-order chi connectivity index (χ0) is 10.8. The second-order valence-electron chi connectivity index (χ2n) is 3.33. The number of hydrogen-bond acceptors (Lipinski definition) is 3. The molecule has 0 aromatic heterocycles. The van der Waals surface area contributed by atoms with Crippen LogP contribution in [-0.4, -0.2) is 5.11 Å². The summed E-state index contributed by atoms with van der Waals surface area (Å²) in [6, 6.07) is 12.6. The summed E-state index contributed by atoms with van der Waals surface area (Å²) in [4.78, 5) is 0. The molecule has 0 heterocycles. The van der Waals surface area contributed by atoms with E-state index in [9.17, 15) is 5.11 Å². The third kappa shape index (κ3) is 1.59. The number of benzene rings is 2. The largest absolute Gasteiger partial charge is 0.506 e. The minimum absolute atomic E-state index is 0.0794. The molecule has 0 bridgehead atoms. The van der Waals surface area contributed by atoms with E-state index in [-0.39, 0.29) is 5.75 Å². The lowest BCUT2D eigenvalue weighted by Gasteiger charge is -2.09. The molecule has 3 heteroatoms. The Morgan fingerprint density at radius 1 is 0.800 bits per heavy atom. The molecule has 3 nitrogen and oxygen atoms in total. The van der Waals surface area contributed by atoms with E-state index in [2.05, 4.69) is 0 Å². The van der Waals surface area contributed by atoms with Crippen LogP contribution in [0.4, 0.5) is 11.4 Å². The number of hydrogen-bond donors (Lipinski definition) is 3. The summed E-state index contributed by atoms with van der Waals surface area (Å²) in [5.41, 5.74) is 14.2. The molecule has 0 amide bonds. The van der Waals surface area contributed by atoms with Crippen molar-refractivity contribution in [3.05, 3.63) is 42.5 Å². The number of rotatable bonds is 1. The Morgan fingerprint density at radius 2 is 1.47 bits per heavy atom. The molecule has 0 saturated heterocycles. The summed E-state index contributed by atoms with van der Waals surface area (Å²) in [6.45, 7) is 0. The van der Waals surface area contributed by atoms with Crippen LogP contribution in [0.5, 0.6) is 5.75 Å². The first-order valence-electron chi connectivity index (χ1n) is 4.62. The maximum atomic E-state index is 9.49. The van der Waals surface area contributed by atoms with Crippen LogP contribution < -0.4 is 11.5 Å². The van der Waals surface area contributed by atoms with Crippen LogP contribution in [0.2, 0.25) is 0 Å². The Labute approximate surface area is 88.0 Å². The SMILES string of the molecule is Nc1ccccc1-c1cccc(O)c1N. The number of nitrogens with two attached hydrogens (primary N) is 2. The molecule has 2 rings (SSSR count). The summed E-state index contributed by atoms with van der Waals surface area (Å²) in [6.07, 6.45) is 0. The number of para-hydroxylation sites is 2. The first kappa shape index (κ1) is 9.40. The molecular formula is C12H12N2O. The van der Waals surface area contributed by atoms with Gasteiger partial charge < -0.3 is 16.6 Å². The van der Waals surface area contributed by atoms with E-state index >= 15 is 0 Å². The lowest BCUT2D eigenvalue weighted by Crippen LogP contribution is -1.94. The molecule has 0 aliphatic heterocycles. The van der Waals surface area contributed by atoms with E-state index in [1.165, 1.54) is 0 Å². The van der Waals surface area contributed by atoms with Gasteiger partial charge in [-0.05, 0) is 12.1 Å². The van der Waals surface area contributed by atoms with Crippen molar-refractivity contribution in [3.8, 4) is 16.9 Å². The van der Waals surface area contributed by atoms with Gasteiger partial charge in [0.15, 0.2) is 0 Å². The first-order chi connectivity index (χ1) is 7.20. The van der Waals surface area contributed by atoms with Crippen molar-refractivity contribution in [2.75, 3.05) is 11.5 Å². The highest BCUT2D eigenvalue weighted by atomic mass is 16.3. The van der Waals surface area contributed by atoms with Gasteiger partial charge in [-0.2, -0.15) is 0 Å². The topological polar surface area (TPSA) is 72.3 Å². The summed E-state index contributed by atoms with van der Waals surface area (Å²) in [7, 11) is 0. The zero-order valence-electron chi connectivity index (χ0n) is 8.14. The second-order valence-corrected chi connectivity index (χ2v) is 3.33. The molecule has 0 aliphatic carbocycles. The smallest absolute Gasteiger partial charge is 0.139 e. The molecule has 0 atom stereocenters. The monoisotopic (exact) mass is 200 g/mol. The van der Waals surface area contributed by atoms with Crippen LogP contribution in [0.25, 0.3) is 11.1 Å². The zero-order valence-corrected chi connectivity index (χ0v) is 8.14. The molecule has 76 valence electrons. The molecule has 5 N–H and O–H groups in total. The minimum atomic E-state index is 0.0794. The Bertz CT molecular complexity index is 495. The molecule has 0 saturated carbocycles. The molecule has 0 unspecified atom stereocenters. The number of nitrogen functional groups attached to an aromatic ring is 2. The van der Waals surface area contributed by atoms with E-state index in [4.69, 9.17) is 11.5 Å². The molecular weight excluding hydrogens is 188 g/mol. The number of anilines is 2. The standard InChI is InChI=1S/C12H12N2O/c13-10-6-2-1-4-8(10)9-5-3-7-11(15)12(9)14/h1-7,15H,13-14H2. The molecule has 15 heavy (non-hydrogen) atoms. The van der Waals surface area contributed by atoms with Crippen LogP contribution in [-0.2, 0) is 0 Å². The van der Waals surface area contributed by atoms with E-state index in [0.717, 1.165) is 11.1 Å². The quantitative estimate of drug-likeness (QED) is 0.488. The lowest BCUT2D eigenvalue weighted by atomic mass is 10.0. The van der Waals surface area contributed by atoms with Crippen LogP contribution in [0.3, 0.4) is 0 Å². The van der Waals surface area contributed by atoms with Gasteiger partial charge in [-0.15, -0.1) is 0 Å². The normalized spacial score (nSPS) is 10.1. The molecule has 0 aliphatic rings. The summed E-state index contributed by atoms with van der Waals surface area (Å²) in [5.74, 6) is 0.0794. The van der Waals surface area contributed by atoms with Crippen LogP contribution in [0, 0.1) is 0 Å². The summed E-state index contributed by atoms with van der Waals surface area (Å²) < 4.78 is 0. The van der Waals surface area contributed by atoms with Gasteiger partial charge in [-0.3, -0.25) is 0 Å². The average molecular weight is 200 g/mol. The fourth-order valence-electron chi connectivity index (χ4n) is 1.53. The Balaban J connectivity index is 2.65. The maximum Gasteiger partial charge on any atom is 0.139 e. The fourth-order valence-corrected chi connectivity index (χ4v) is 1.53. The second kappa shape index (κ2) is 3.53. The van der Waals surface area contributed by atoms with Crippen molar-refractivity contribution in [1.29, 1.82) is 0 Å². The van der Waals surface area contributed by atoms with Gasteiger partial charge in [-0.25, -0.2) is 0 Å². The summed E-state index contributed by atoms with van der Waals surface area (Å²) in [5, 5.41) is 9.49. The molecule has 0 fully saturated rings. The average Bonchev–Trinajstić information content (AvgIpc) is 2.23. The summed E-state index contributed by atoms with van der Waals surface area (Å²) >= 11 is 0. The Morgan fingerprint density at radius 3 is 2.20 bits per heavy atom. The minimum Gasteiger partial charge on any atom is -0.506 e. The first-order valence-corrected chi connectivity index (χ1v) is 4.62. The van der Waals surface area contributed by atoms with Crippen molar-refractivity contribution in [2.45, 2.75) is 0 Å². The van der Waals surface area contributed by atoms with Gasteiger partial charge in [-0.1, -0.05) is 30.3 Å². The molecule has 2 aromatic rings. The van der Waals surface area contributed by atoms with Crippen molar-refractivity contribution in [3.63, 3.8) is 0 Å². The van der Waals surface area contributed by atoms with Gasteiger partial charge >= 0.3 is 0 Å². The van der Waals surface area contributed by atoms with Gasteiger partial charge in [0.05, 0.1) is 5.69 Å². The fraction of sp³-hybridized carbons (Fsp3) is 0. The third-order valence-corrected chi connectivity index (χ3v) is 2.33. The lowest BCUT2D eigenvalue weighted by molar-refractivity contribution is 0.478. The van der Waals surface area contributed by atoms with Crippen molar-refractivity contribution in [1.82, 2.24) is 0 Å². The van der Waals surface area contributed by atoms with Crippen molar-refractivity contribution in [2.24, 2.45) is 0 Å². The van der Waals surface area contributed by atoms with E-state index in [0.29, 0.717) is 11.4 Å². The van der Waals surface area contributed by atoms with Crippen LogP contribution in [0.15, 0.2) is 42.5 Å². The van der Waals surface area contributed by atoms with E-state index < -0.39 is 0 Å². The number of phenolic OH excluding ortho intramolecular Hbond substituents is 1. The molecule has 2 aromatic carbocycles. The van der Waals surface area contributed by atoms with Gasteiger partial charge in [0, 0.05) is 16.8 Å².